The van der Waals surface area contributed by atoms with Crippen LogP contribution in [0.2, 0.25) is 5.02 Å². The Labute approximate surface area is 140 Å². The summed E-state index contributed by atoms with van der Waals surface area (Å²) in [5.74, 6) is 1.78. The predicted octanol–water partition coefficient (Wildman–Crippen LogP) is 2.36. The molecule has 1 aliphatic heterocycles. The summed E-state index contributed by atoms with van der Waals surface area (Å²) in [4.78, 5) is 16.5. The summed E-state index contributed by atoms with van der Waals surface area (Å²) in [5.41, 5.74) is 2.13. The van der Waals surface area contributed by atoms with Crippen LogP contribution in [0.25, 0.3) is 0 Å². The van der Waals surface area contributed by atoms with E-state index in [1.165, 1.54) is 0 Å². The number of rotatable bonds is 3. The van der Waals surface area contributed by atoms with Gasteiger partial charge in [0.15, 0.2) is 0 Å². The number of aromatic nitrogens is 3. The van der Waals surface area contributed by atoms with E-state index in [2.05, 4.69) is 20.7 Å². The van der Waals surface area contributed by atoms with E-state index in [4.69, 9.17) is 11.6 Å². The zero-order chi connectivity index (χ0) is 16.4. The number of urea groups is 1. The topological polar surface area (TPSA) is 71.8 Å². The molecule has 122 valence electrons. The molecule has 3 rings (SSSR count). The molecule has 1 aromatic heterocycles. The molecule has 1 aromatic carbocycles. The minimum absolute atomic E-state index is 0.0732. The number of carbonyl (C=O) groups is 1. The van der Waals surface area contributed by atoms with Gasteiger partial charge in [-0.1, -0.05) is 17.7 Å². The smallest absolute Gasteiger partial charge is 0.315 e. The van der Waals surface area contributed by atoms with Crippen molar-refractivity contribution in [2.45, 2.75) is 45.8 Å². The van der Waals surface area contributed by atoms with E-state index >= 15 is 0 Å². The molecule has 0 fully saturated rings. The van der Waals surface area contributed by atoms with Crippen LogP contribution >= 0.6 is 11.6 Å². The molecule has 0 radical (unpaired) electrons. The van der Waals surface area contributed by atoms with Crippen molar-refractivity contribution in [2.24, 2.45) is 0 Å². The zero-order valence-electron chi connectivity index (χ0n) is 13.3. The van der Waals surface area contributed by atoms with E-state index in [0.29, 0.717) is 18.1 Å². The van der Waals surface area contributed by atoms with Crippen molar-refractivity contribution in [3.05, 3.63) is 46.0 Å². The summed E-state index contributed by atoms with van der Waals surface area (Å²) in [6, 6.07) is 5.58. The molecule has 7 heteroatoms. The highest BCUT2D eigenvalue weighted by Gasteiger charge is 2.22. The first-order valence-electron chi connectivity index (χ1n) is 7.71. The lowest BCUT2D eigenvalue weighted by Crippen LogP contribution is -2.45. The molecule has 0 bridgehead atoms. The third-order valence-electron chi connectivity index (χ3n) is 4.05. The lowest BCUT2D eigenvalue weighted by Gasteiger charge is -2.23. The Morgan fingerprint density at radius 3 is 3.09 bits per heavy atom. The molecule has 1 atom stereocenters. The number of carbonyl (C=O) groups excluding carboxylic acids is 1. The van der Waals surface area contributed by atoms with Crippen LogP contribution in [0.1, 0.15) is 29.2 Å². The van der Waals surface area contributed by atoms with Crippen LogP contribution in [0.5, 0.6) is 0 Å². The first-order valence-corrected chi connectivity index (χ1v) is 8.09. The molecule has 0 spiro atoms. The van der Waals surface area contributed by atoms with Crippen molar-refractivity contribution < 1.29 is 4.79 Å². The van der Waals surface area contributed by atoms with E-state index in [1.807, 2.05) is 36.7 Å². The molecule has 6 nitrogen and oxygen atoms in total. The Balaban J connectivity index is 1.53. The van der Waals surface area contributed by atoms with Crippen molar-refractivity contribution in [1.29, 1.82) is 0 Å². The van der Waals surface area contributed by atoms with E-state index in [9.17, 15) is 4.79 Å². The molecular weight excluding hydrogens is 314 g/mol. The molecule has 23 heavy (non-hydrogen) atoms. The van der Waals surface area contributed by atoms with Crippen molar-refractivity contribution >= 4 is 17.6 Å². The second kappa shape index (κ2) is 6.58. The molecule has 1 aliphatic rings. The Morgan fingerprint density at radius 2 is 2.26 bits per heavy atom. The molecule has 2 amide bonds. The van der Waals surface area contributed by atoms with E-state index in [1.54, 1.807) is 0 Å². The average molecular weight is 334 g/mol. The summed E-state index contributed by atoms with van der Waals surface area (Å²) in [6.07, 6.45) is 1.71. The van der Waals surface area contributed by atoms with E-state index < -0.39 is 0 Å². The first kappa shape index (κ1) is 15.8. The second-order valence-corrected chi connectivity index (χ2v) is 6.33. The highest BCUT2D eigenvalue weighted by molar-refractivity contribution is 6.30. The first-order chi connectivity index (χ1) is 11.0. The molecule has 0 aliphatic carbocycles. The summed E-state index contributed by atoms with van der Waals surface area (Å²) < 4.78 is 1.88. The van der Waals surface area contributed by atoms with Gasteiger partial charge >= 0.3 is 6.03 Å². The molecule has 2 aromatic rings. The van der Waals surface area contributed by atoms with Gasteiger partial charge in [-0.2, -0.15) is 5.10 Å². The van der Waals surface area contributed by atoms with Gasteiger partial charge in [-0.3, -0.25) is 0 Å². The van der Waals surface area contributed by atoms with Crippen LogP contribution < -0.4 is 10.6 Å². The molecule has 0 saturated carbocycles. The fourth-order valence-electron chi connectivity index (χ4n) is 2.79. The highest BCUT2D eigenvalue weighted by atomic mass is 35.5. The number of nitrogens with one attached hydrogen (secondary N) is 2. The molecule has 2 N–H and O–H groups in total. The van der Waals surface area contributed by atoms with Crippen LogP contribution in [0.4, 0.5) is 4.79 Å². The van der Waals surface area contributed by atoms with Gasteiger partial charge in [0.05, 0.1) is 12.6 Å². The van der Waals surface area contributed by atoms with Gasteiger partial charge in [0, 0.05) is 18.0 Å². The normalized spacial score (nSPS) is 16.7. The monoisotopic (exact) mass is 333 g/mol. The SMILES string of the molecule is Cc1nc2n(n1)CC(NC(=O)NCc1cc(Cl)ccc1C)CC2. The molecule has 2 heterocycles. The highest BCUT2D eigenvalue weighted by Crippen LogP contribution is 2.15. The van der Waals surface area contributed by atoms with Crippen molar-refractivity contribution in [3.8, 4) is 0 Å². The van der Waals surface area contributed by atoms with Crippen molar-refractivity contribution in [1.82, 2.24) is 25.4 Å². The van der Waals surface area contributed by atoms with Gasteiger partial charge in [-0.15, -0.1) is 0 Å². The minimum Gasteiger partial charge on any atom is -0.334 e. The van der Waals surface area contributed by atoms with E-state index in [0.717, 1.165) is 35.6 Å². The maximum absolute atomic E-state index is 12.1. The van der Waals surface area contributed by atoms with Crippen LogP contribution in [0.15, 0.2) is 18.2 Å². The Kier molecular flexibility index (Phi) is 4.52. The van der Waals surface area contributed by atoms with Crippen molar-refractivity contribution in [3.63, 3.8) is 0 Å². The van der Waals surface area contributed by atoms with Gasteiger partial charge < -0.3 is 10.6 Å². The molecular formula is C16H20ClN5O. The Hall–Kier alpha value is -2.08. The predicted molar refractivity (Wildman–Crippen MR) is 88.4 cm³/mol. The number of aryl methyl sites for hydroxylation is 3. The van der Waals surface area contributed by atoms with Gasteiger partial charge in [-0.05, 0) is 43.5 Å². The summed E-state index contributed by atoms with van der Waals surface area (Å²) in [7, 11) is 0. The number of fused-ring (bicyclic) bond motifs is 1. The minimum atomic E-state index is -0.172. The third kappa shape index (κ3) is 3.82. The number of halogens is 1. The van der Waals surface area contributed by atoms with Gasteiger partial charge in [0.1, 0.15) is 11.6 Å². The summed E-state index contributed by atoms with van der Waals surface area (Å²) in [5, 5.41) is 10.9. The largest absolute Gasteiger partial charge is 0.334 e. The van der Waals surface area contributed by atoms with E-state index in [-0.39, 0.29) is 12.1 Å². The van der Waals surface area contributed by atoms with Crippen LogP contribution in [0, 0.1) is 13.8 Å². The van der Waals surface area contributed by atoms with Crippen LogP contribution in [-0.2, 0) is 19.5 Å². The van der Waals surface area contributed by atoms with Crippen LogP contribution in [0.3, 0.4) is 0 Å². The zero-order valence-corrected chi connectivity index (χ0v) is 14.0. The molecule has 0 saturated heterocycles. The lowest BCUT2D eigenvalue weighted by molar-refractivity contribution is 0.231. The Morgan fingerprint density at radius 1 is 1.43 bits per heavy atom. The number of hydrogen-bond acceptors (Lipinski definition) is 3. The maximum atomic E-state index is 12.1. The average Bonchev–Trinajstić information content (AvgIpc) is 2.87. The maximum Gasteiger partial charge on any atom is 0.315 e. The fraction of sp³-hybridized carbons (Fsp3) is 0.438. The second-order valence-electron chi connectivity index (χ2n) is 5.89. The Bertz CT molecular complexity index is 727. The number of hydrogen-bond donors (Lipinski definition) is 2. The molecule has 1 unspecified atom stereocenters. The van der Waals surface area contributed by atoms with Gasteiger partial charge in [0.25, 0.3) is 0 Å². The number of amides is 2. The number of nitrogens with zero attached hydrogens (tertiary/aromatic N) is 3. The summed E-state index contributed by atoms with van der Waals surface area (Å²) >= 11 is 5.99. The summed E-state index contributed by atoms with van der Waals surface area (Å²) in [6.45, 7) is 5.01. The fourth-order valence-corrected chi connectivity index (χ4v) is 2.99. The quantitative estimate of drug-likeness (QED) is 0.905. The number of benzene rings is 1. The van der Waals surface area contributed by atoms with Gasteiger partial charge in [-0.25, -0.2) is 14.5 Å². The lowest BCUT2D eigenvalue weighted by atomic mass is 10.1. The van der Waals surface area contributed by atoms with Crippen LogP contribution in [-0.4, -0.2) is 26.8 Å². The van der Waals surface area contributed by atoms with Gasteiger partial charge in [0.2, 0.25) is 0 Å². The standard InChI is InChI=1S/C16H20ClN5O/c1-10-3-4-13(17)7-12(10)8-18-16(23)20-14-5-6-15-19-11(2)21-22(15)9-14/h3-4,7,14H,5-6,8-9H2,1-2H3,(H2,18,20,23). The van der Waals surface area contributed by atoms with Crippen molar-refractivity contribution in [2.75, 3.05) is 0 Å². The third-order valence-corrected chi connectivity index (χ3v) is 4.28.